The lowest BCUT2D eigenvalue weighted by Crippen LogP contribution is -2.05. The van der Waals surface area contributed by atoms with Crippen molar-refractivity contribution >= 4 is 31.9 Å². The largest absolute Gasteiger partial charge is 0.483 e. The summed E-state index contributed by atoms with van der Waals surface area (Å²) in [7, 11) is 1.79. The summed E-state index contributed by atoms with van der Waals surface area (Å²) < 4.78 is 34.9. The number of nitrogens with zero attached hydrogens (tertiary/aromatic N) is 2. The zero-order valence-corrected chi connectivity index (χ0v) is 14.1. The van der Waals surface area contributed by atoms with E-state index in [2.05, 4.69) is 37.0 Å². The van der Waals surface area contributed by atoms with Gasteiger partial charge in [0.15, 0.2) is 11.6 Å². The molecule has 0 saturated carbocycles. The predicted octanol–water partition coefficient (Wildman–Crippen LogP) is 4.36. The van der Waals surface area contributed by atoms with Crippen LogP contribution in [-0.2, 0) is 20.1 Å². The molecule has 0 amide bonds. The molecule has 0 N–H and O–H groups in total. The molecule has 1 aromatic carbocycles. The lowest BCUT2D eigenvalue weighted by atomic mass is 10.3. The van der Waals surface area contributed by atoms with Crippen LogP contribution in [0.3, 0.4) is 0 Å². The molecule has 108 valence electrons. The Morgan fingerprint density at radius 1 is 1.30 bits per heavy atom. The normalized spacial score (nSPS) is 10.9. The van der Waals surface area contributed by atoms with Gasteiger partial charge in [-0.2, -0.15) is 5.10 Å². The average molecular weight is 410 g/mol. The highest BCUT2D eigenvalue weighted by Gasteiger charge is 2.16. The minimum Gasteiger partial charge on any atom is -0.483 e. The van der Waals surface area contributed by atoms with Crippen LogP contribution in [0, 0.1) is 11.6 Å². The molecule has 1 heterocycles. The van der Waals surface area contributed by atoms with Gasteiger partial charge in [-0.3, -0.25) is 4.68 Å². The van der Waals surface area contributed by atoms with Gasteiger partial charge in [0.25, 0.3) is 0 Å². The van der Waals surface area contributed by atoms with E-state index in [1.807, 2.05) is 6.92 Å². The summed E-state index contributed by atoms with van der Waals surface area (Å²) in [5.41, 5.74) is 1.70. The van der Waals surface area contributed by atoms with Crippen molar-refractivity contribution in [3.63, 3.8) is 0 Å². The highest BCUT2D eigenvalue weighted by molar-refractivity contribution is 9.10. The van der Waals surface area contributed by atoms with Crippen molar-refractivity contribution in [2.75, 3.05) is 0 Å². The maximum Gasteiger partial charge on any atom is 0.169 e. The fourth-order valence-electron chi connectivity index (χ4n) is 1.78. The molecule has 0 aliphatic heterocycles. The van der Waals surface area contributed by atoms with Crippen LogP contribution in [0.5, 0.6) is 5.75 Å². The summed E-state index contributed by atoms with van der Waals surface area (Å²) in [6.07, 6.45) is 0.781. The van der Waals surface area contributed by atoms with Crippen LogP contribution in [0.4, 0.5) is 8.78 Å². The standard InChI is InChI=1S/C13H12Br2F2N2O/c1-3-10-12(15)11(19(2)18-10)6-20-13-8(14)4-7(16)5-9(13)17/h4-5H,3,6H2,1-2H3. The van der Waals surface area contributed by atoms with Crippen molar-refractivity contribution in [1.82, 2.24) is 9.78 Å². The van der Waals surface area contributed by atoms with Crippen molar-refractivity contribution in [3.8, 4) is 5.75 Å². The number of halogens is 4. The average Bonchev–Trinajstić information content (AvgIpc) is 2.64. The minimum atomic E-state index is -0.745. The van der Waals surface area contributed by atoms with Gasteiger partial charge in [-0.1, -0.05) is 6.92 Å². The maximum atomic E-state index is 13.7. The van der Waals surface area contributed by atoms with Crippen LogP contribution in [0.2, 0.25) is 0 Å². The molecule has 0 bridgehead atoms. The van der Waals surface area contributed by atoms with Gasteiger partial charge in [-0.05, 0) is 44.3 Å². The zero-order chi connectivity index (χ0) is 14.9. The van der Waals surface area contributed by atoms with Gasteiger partial charge in [0.2, 0.25) is 0 Å². The molecule has 2 aromatic rings. The zero-order valence-electron chi connectivity index (χ0n) is 10.9. The topological polar surface area (TPSA) is 27.1 Å². The third kappa shape index (κ3) is 3.03. The molecule has 0 fully saturated rings. The highest BCUT2D eigenvalue weighted by Crippen LogP contribution is 2.31. The van der Waals surface area contributed by atoms with E-state index < -0.39 is 11.6 Å². The first kappa shape index (κ1) is 15.4. The Kier molecular flexibility index (Phi) is 4.80. The first-order valence-corrected chi connectivity index (χ1v) is 7.50. The van der Waals surface area contributed by atoms with Gasteiger partial charge in [-0.25, -0.2) is 8.78 Å². The Morgan fingerprint density at radius 2 is 2.00 bits per heavy atom. The molecule has 2 rings (SSSR count). The molecule has 0 unspecified atom stereocenters. The second kappa shape index (κ2) is 6.22. The van der Waals surface area contributed by atoms with Gasteiger partial charge in [-0.15, -0.1) is 0 Å². The van der Waals surface area contributed by atoms with Gasteiger partial charge in [0.1, 0.15) is 12.4 Å². The SMILES string of the molecule is CCc1nn(C)c(COc2c(F)cc(F)cc2Br)c1Br. The number of hydrogen-bond acceptors (Lipinski definition) is 2. The Labute approximate surface area is 132 Å². The molecular formula is C13H12Br2F2N2O. The van der Waals surface area contributed by atoms with Crippen LogP contribution >= 0.6 is 31.9 Å². The summed E-state index contributed by atoms with van der Waals surface area (Å²) in [6.45, 7) is 2.12. The van der Waals surface area contributed by atoms with E-state index >= 15 is 0 Å². The number of aryl methyl sites for hydroxylation is 2. The molecule has 0 atom stereocenters. The molecular weight excluding hydrogens is 398 g/mol. The van der Waals surface area contributed by atoms with Gasteiger partial charge >= 0.3 is 0 Å². The molecule has 7 heteroatoms. The van der Waals surface area contributed by atoms with E-state index in [0.29, 0.717) is 0 Å². The molecule has 0 aliphatic rings. The lowest BCUT2D eigenvalue weighted by molar-refractivity contribution is 0.276. The quantitative estimate of drug-likeness (QED) is 0.749. The monoisotopic (exact) mass is 408 g/mol. The summed E-state index contributed by atoms with van der Waals surface area (Å²) in [5.74, 6) is -1.42. The highest BCUT2D eigenvalue weighted by atomic mass is 79.9. The molecule has 0 spiro atoms. The lowest BCUT2D eigenvalue weighted by Gasteiger charge is -2.10. The second-order valence-corrected chi connectivity index (χ2v) is 5.82. The van der Waals surface area contributed by atoms with Crippen LogP contribution in [0.15, 0.2) is 21.1 Å². The minimum absolute atomic E-state index is 0.0162. The van der Waals surface area contributed by atoms with E-state index in [4.69, 9.17) is 4.74 Å². The summed E-state index contributed by atoms with van der Waals surface area (Å²) in [4.78, 5) is 0. The van der Waals surface area contributed by atoms with Gasteiger partial charge < -0.3 is 4.74 Å². The van der Waals surface area contributed by atoms with Crippen molar-refractivity contribution in [1.29, 1.82) is 0 Å². The van der Waals surface area contributed by atoms with Crippen LogP contribution < -0.4 is 4.74 Å². The molecule has 0 saturated heterocycles. The van der Waals surface area contributed by atoms with Gasteiger partial charge in [0.05, 0.1) is 20.3 Å². The third-order valence-electron chi connectivity index (χ3n) is 2.82. The Morgan fingerprint density at radius 3 is 2.55 bits per heavy atom. The van der Waals surface area contributed by atoms with E-state index in [9.17, 15) is 8.78 Å². The summed E-state index contributed by atoms with van der Waals surface area (Å²) in [5, 5.41) is 4.32. The molecule has 20 heavy (non-hydrogen) atoms. The fourth-order valence-corrected chi connectivity index (χ4v) is 3.04. The Bertz CT molecular complexity index is 621. The van der Waals surface area contributed by atoms with Crippen LogP contribution in [0.25, 0.3) is 0 Å². The van der Waals surface area contributed by atoms with Crippen molar-refractivity contribution in [2.24, 2.45) is 7.05 Å². The first-order valence-electron chi connectivity index (χ1n) is 5.91. The number of benzene rings is 1. The van der Waals surface area contributed by atoms with Crippen molar-refractivity contribution in [2.45, 2.75) is 20.0 Å². The van der Waals surface area contributed by atoms with E-state index in [1.54, 1.807) is 11.7 Å². The maximum absolute atomic E-state index is 13.7. The van der Waals surface area contributed by atoms with Gasteiger partial charge in [0, 0.05) is 13.1 Å². The number of ether oxygens (including phenoxy) is 1. The molecule has 0 radical (unpaired) electrons. The summed E-state index contributed by atoms with van der Waals surface area (Å²) >= 11 is 6.54. The second-order valence-electron chi connectivity index (χ2n) is 4.17. The van der Waals surface area contributed by atoms with E-state index in [-0.39, 0.29) is 16.8 Å². The summed E-state index contributed by atoms with van der Waals surface area (Å²) in [6, 6.07) is 1.95. The number of aromatic nitrogens is 2. The number of hydrogen-bond donors (Lipinski definition) is 0. The van der Waals surface area contributed by atoms with E-state index in [0.717, 1.165) is 34.4 Å². The van der Waals surface area contributed by atoms with Crippen LogP contribution in [0.1, 0.15) is 18.3 Å². The predicted molar refractivity (Wildman–Crippen MR) is 78.7 cm³/mol. The Hall–Kier alpha value is -0.950. The van der Waals surface area contributed by atoms with E-state index in [1.165, 1.54) is 0 Å². The molecule has 3 nitrogen and oxygen atoms in total. The fraction of sp³-hybridized carbons (Fsp3) is 0.308. The molecule has 0 aliphatic carbocycles. The number of rotatable bonds is 4. The first-order chi connectivity index (χ1) is 9.43. The smallest absolute Gasteiger partial charge is 0.169 e. The van der Waals surface area contributed by atoms with Crippen LogP contribution in [-0.4, -0.2) is 9.78 Å². The van der Waals surface area contributed by atoms with Crippen molar-refractivity contribution in [3.05, 3.63) is 44.1 Å². The Balaban J connectivity index is 2.24. The molecule has 1 aromatic heterocycles. The van der Waals surface area contributed by atoms with Crippen molar-refractivity contribution < 1.29 is 13.5 Å². The third-order valence-corrected chi connectivity index (χ3v) is 4.32.